The van der Waals surface area contributed by atoms with E-state index in [1.807, 2.05) is 0 Å². The molecule has 2 unspecified atom stereocenters. The van der Waals surface area contributed by atoms with Gasteiger partial charge < -0.3 is 5.11 Å². The van der Waals surface area contributed by atoms with Crippen LogP contribution in [-0.4, -0.2) is 11.2 Å². The van der Waals surface area contributed by atoms with Crippen molar-refractivity contribution in [2.24, 2.45) is 5.92 Å². The maximum atomic E-state index is 9.23. The van der Waals surface area contributed by atoms with Crippen molar-refractivity contribution < 1.29 is 5.11 Å². The first-order chi connectivity index (χ1) is 5.33. The van der Waals surface area contributed by atoms with Gasteiger partial charge >= 0.3 is 0 Å². The van der Waals surface area contributed by atoms with Gasteiger partial charge in [0.15, 0.2) is 0 Å². The number of aliphatic hydroxyl groups excluding tert-OH is 1. The van der Waals surface area contributed by atoms with E-state index in [9.17, 15) is 5.11 Å². The summed E-state index contributed by atoms with van der Waals surface area (Å²) in [6.45, 7) is 2.15. The average molecular weight is 154 g/mol. The molecular weight excluding hydrogens is 136 g/mol. The summed E-state index contributed by atoms with van der Waals surface area (Å²) in [4.78, 5) is 0. The molecule has 2 atom stereocenters. The molecule has 64 valence electrons. The van der Waals surface area contributed by atoms with Crippen molar-refractivity contribution in [2.45, 2.75) is 45.1 Å². The third-order valence-corrected chi connectivity index (χ3v) is 2.39. The molecule has 1 rings (SSSR count). The highest BCUT2D eigenvalue weighted by Gasteiger charge is 2.20. The van der Waals surface area contributed by atoms with Crippen molar-refractivity contribution >= 4 is 0 Å². The Morgan fingerprint density at radius 1 is 1.36 bits per heavy atom. The van der Waals surface area contributed by atoms with E-state index in [-0.39, 0.29) is 6.10 Å². The summed E-state index contributed by atoms with van der Waals surface area (Å²) in [6.07, 6.45) is 10.0. The van der Waals surface area contributed by atoms with Gasteiger partial charge in [0.2, 0.25) is 0 Å². The van der Waals surface area contributed by atoms with E-state index in [1.165, 1.54) is 12.8 Å². The van der Waals surface area contributed by atoms with Crippen LogP contribution in [0.5, 0.6) is 0 Å². The SMILES string of the molecule is CCC=CCC1CCC(O)C1. The lowest BCUT2D eigenvalue weighted by molar-refractivity contribution is 0.178. The molecule has 1 nitrogen and oxygen atoms in total. The van der Waals surface area contributed by atoms with Gasteiger partial charge in [-0.25, -0.2) is 0 Å². The van der Waals surface area contributed by atoms with Crippen molar-refractivity contribution in [3.8, 4) is 0 Å². The monoisotopic (exact) mass is 154 g/mol. The van der Waals surface area contributed by atoms with Gasteiger partial charge in [-0.2, -0.15) is 0 Å². The van der Waals surface area contributed by atoms with Crippen LogP contribution in [0.4, 0.5) is 0 Å². The van der Waals surface area contributed by atoms with E-state index >= 15 is 0 Å². The Kier molecular flexibility index (Phi) is 3.64. The zero-order valence-corrected chi connectivity index (χ0v) is 7.29. The quantitative estimate of drug-likeness (QED) is 0.619. The van der Waals surface area contributed by atoms with Crippen molar-refractivity contribution in [3.05, 3.63) is 12.2 Å². The second-order valence-corrected chi connectivity index (χ2v) is 3.45. The molecule has 0 bridgehead atoms. The van der Waals surface area contributed by atoms with Gasteiger partial charge in [0.05, 0.1) is 6.10 Å². The highest BCUT2D eigenvalue weighted by Crippen LogP contribution is 2.28. The van der Waals surface area contributed by atoms with Crippen LogP contribution in [-0.2, 0) is 0 Å². The molecule has 1 aliphatic rings. The predicted molar refractivity (Wildman–Crippen MR) is 47.4 cm³/mol. The first-order valence-electron chi connectivity index (χ1n) is 4.66. The summed E-state index contributed by atoms with van der Waals surface area (Å²) in [5, 5.41) is 9.23. The van der Waals surface area contributed by atoms with E-state index in [2.05, 4.69) is 19.1 Å². The molecule has 0 amide bonds. The molecule has 1 aliphatic carbocycles. The standard InChI is InChI=1S/C10H18O/c1-2-3-4-5-9-6-7-10(11)8-9/h3-4,9-11H,2,5-8H2,1H3. The number of aliphatic hydroxyl groups is 1. The van der Waals surface area contributed by atoms with Crippen molar-refractivity contribution in [1.82, 2.24) is 0 Å². The molecule has 0 spiro atoms. The van der Waals surface area contributed by atoms with Gasteiger partial charge in [-0.05, 0) is 38.0 Å². The lowest BCUT2D eigenvalue weighted by Gasteiger charge is -2.03. The zero-order valence-electron chi connectivity index (χ0n) is 7.29. The third-order valence-electron chi connectivity index (χ3n) is 2.39. The van der Waals surface area contributed by atoms with Gasteiger partial charge in [-0.1, -0.05) is 19.1 Å². The molecule has 0 aromatic carbocycles. The fraction of sp³-hybridized carbons (Fsp3) is 0.800. The smallest absolute Gasteiger partial charge is 0.0543 e. The summed E-state index contributed by atoms with van der Waals surface area (Å²) >= 11 is 0. The van der Waals surface area contributed by atoms with Crippen LogP contribution >= 0.6 is 0 Å². The van der Waals surface area contributed by atoms with E-state index in [1.54, 1.807) is 0 Å². The van der Waals surface area contributed by atoms with E-state index < -0.39 is 0 Å². The molecule has 11 heavy (non-hydrogen) atoms. The van der Waals surface area contributed by atoms with Crippen LogP contribution in [0.1, 0.15) is 39.0 Å². The summed E-state index contributed by atoms with van der Waals surface area (Å²) < 4.78 is 0. The van der Waals surface area contributed by atoms with Gasteiger partial charge in [0, 0.05) is 0 Å². The highest BCUT2D eigenvalue weighted by atomic mass is 16.3. The number of allylic oxidation sites excluding steroid dienone is 2. The van der Waals surface area contributed by atoms with Crippen LogP contribution in [0.25, 0.3) is 0 Å². The summed E-state index contributed by atoms with van der Waals surface area (Å²) in [5.74, 6) is 0.757. The van der Waals surface area contributed by atoms with Gasteiger partial charge in [-0.3, -0.25) is 0 Å². The van der Waals surface area contributed by atoms with Crippen LogP contribution in [0.3, 0.4) is 0 Å². The van der Waals surface area contributed by atoms with Crippen LogP contribution in [0.15, 0.2) is 12.2 Å². The second-order valence-electron chi connectivity index (χ2n) is 3.45. The summed E-state index contributed by atoms with van der Waals surface area (Å²) in [6, 6.07) is 0. The predicted octanol–water partition coefficient (Wildman–Crippen LogP) is 2.50. The molecule has 0 radical (unpaired) electrons. The number of hydrogen-bond donors (Lipinski definition) is 1. The molecule has 0 heterocycles. The maximum Gasteiger partial charge on any atom is 0.0543 e. The van der Waals surface area contributed by atoms with Gasteiger partial charge in [0.1, 0.15) is 0 Å². The van der Waals surface area contributed by atoms with Crippen LogP contribution in [0, 0.1) is 5.92 Å². The summed E-state index contributed by atoms with van der Waals surface area (Å²) in [7, 11) is 0. The molecule has 1 saturated carbocycles. The van der Waals surface area contributed by atoms with Crippen LogP contribution < -0.4 is 0 Å². The minimum Gasteiger partial charge on any atom is -0.393 e. The molecule has 0 aromatic rings. The minimum atomic E-state index is -0.00461. The Bertz CT molecular complexity index is 129. The molecule has 0 aromatic heterocycles. The van der Waals surface area contributed by atoms with Crippen molar-refractivity contribution in [1.29, 1.82) is 0 Å². The Morgan fingerprint density at radius 3 is 2.73 bits per heavy atom. The van der Waals surface area contributed by atoms with Gasteiger partial charge in [-0.15, -0.1) is 0 Å². The Hall–Kier alpha value is -0.300. The lowest BCUT2D eigenvalue weighted by Crippen LogP contribution is -1.99. The third kappa shape index (κ3) is 3.06. The zero-order chi connectivity index (χ0) is 8.10. The Balaban J connectivity index is 2.13. The maximum absolute atomic E-state index is 9.23. The van der Waals surface area contributed by atoms with Crippen molar-refractivity contribution in [2.75, 3.05) is 0 Å². The van der Waals surface area contributed by atoms with Gasteiger partial charge in [0.25, 0.3) is 0 Å². The van der Waals surface area contributed by atoms with E-state index in [0.717, 1.165) is 25.2 Å². The van der Waals surface area contributed by atoms with Crippen LogP contribution in [0.2, 0.25) is 0 Å². The summed E-state index contributed by atoms with van der Waals surface area (Å²) in [5.41, 5.74) is 0. The number of rotatable bonds is 3. The second kappa shape index (κ2) is 4.55. The highest BCUT2D eigenvalue weighted by molar-refractivity contribution is 4.86. The first-order valence-corrected chi connectivity index (χ1v) is 4.66. The van der Waals surface area contributed by atoms with E-state index in [4.69, 9.17) is 0 Å². The fourth-order valence-corrected chi connectivity index (χ4v) is 1.72. The largest absolute Gasteiger partial charge is 0.393 e. The fourth-order valence-electron chi connectivity index (χ4n) is 1.72. The molecule has 1 heteroatoms. The lowest BCUT2D eigenvalue weighted by atomic mass is 10.0. The Labute approximate surface area is 69.1 Å². The van der Waals surface area contributed by atoms with Crippen molar-refractivity contribution in [3.63, 3.8) is 0 Å². The Morgan fingerprint density at radius 2 is 2.18 bits per heavy atom. The molecule has 0 aliphatic heterocycles. The normalized spacial score (nSPS) is 31.8. The average Bonchev–Trinajstić information content (AvgIpc) is 2.37. The molecule has 1 N–H and O–H groups in total. The minimum absolute atomic E-state index is 0.00461. The molecule has 1 fully saturated rings. The number of hydrogen-bond acceptors (Lipinski definition) is 1. The molecule has 0 saturated heterocycles. The van der Waals surface area contributed by atoms with E-state index in [0.29, 0.717) is 0 Å². The molecular formula is C10H18O. The first kappa shape index (κ1) is 8.79. The topological polar surface area (TPSA) is 20.2 Å².